The van der Waals surface area contributed by atoms with Crippen molar-refractivity contribution in [3.63, 3.8) is 0 Å². The Kier molecular flexibility index (Phi) is 4.07. The SMILES string of the molecule is CCC1(C(=O)O)CCCN1Cc1ccccc1Br. The molecule has 1 aliphatic rings. The van der Waals surface area contributed by atoms with Crippen LogP contribution in [0.2, 0.25) is 0 Å². The Morgan fingerprint density at radius 1 is 1.50 bits per heavy atom. The van der Waals surface area contributed by atoms with E-state index in [1.165, 1.54) is 0 Å². The molecule has 0 aliphatic carbocycles. The van der Waals surface area contributed by atoms with Crippen LogP contribution in [-0.4, -0.2) is 28.1 Å². The van der Waals surface area contributed by atoms with Gasteiger partial charge in [0.1, 0.15) is 5.54 Å². The molecule has 0 bridgehead atoms. The van der Waals surface area contributed by atoms with Crippen molar-refractivity contribution in [2.24, 2.45) is 0 Å². The van der Waals surface area contributed by atoms with Crippen LogP contribution in [0.4, 0.5) is 0 Å². The van der Waals surface area contributed by atoms with Crippen LogP contribution in [-0.2, 0) is 11.3 Å². The molecule has 18 heavy (non-hydrogen) atoms. The van der Waals surface area contributed by atoms with Gasteiger partial charge in [0.15, 0.2) is 0 Å². The maximum Gasteiger partial charge on any atom is 0.324 e. The summed E-state index contributed by atoms with van der Waals surface area (Å²) in [6, 6.07) is 8.01. The lowest BCUT2D eigenvalue weighted by Gasteiger charge is -2.34. The zero-order valence-electron chi connectivity index (χ0n) is 10.5. The molecule has 2 rings (SSSR count). The van der Waals surface area contributed by atoms with Gasteiger partial charge in [-0.15, -0.1) is 0 Å². The topological polar surface area (TPSA) is 40.5 Å². The van der Waals surface area contributed by atoms with Gasteiger partial charge in [0.25, 0.3) is 0 Å². The molecule has 1 saturated heterocycles. The molecule has 98 valence electrons. The monoisotopic (exact) mass is 311 g/mol. The van der Waals surface area contributed by atoms with E-state index in [2.05, 4.69) is 20.8 Å². The molecule has 3 nitrogen and oxygen atoms in total. The van der Waals surface area contributed by atoms with Gasteiger partial charge >= 0.3 is 5.97 Å². The van der Waals surface area contributed by atoms with Crippen LogP contribution in [0.5, 0.6) is 0 Å². The molecule has 1 heterocycles. The molecule has 1 aromatic carbocycles. The molecular weight excluding hydrogens is 294 g/mol. The zero-order chi connectivity index (χ0) is 13.2. The number of aliphatic carboxylic acids is 1. The number of carboxylic acid groups (broad SMARTS) is 1. The summed E-state index contributed by atoms with van der Waals surface area (Å²) in [6.07, 6.45) is 2.38. The Morgan fingerprint density at radius 3 is 2.83 bits per heavy atom. The maximum absolute atomic E-state index is 11.6. The molecule has 1 fully saturated rings. The van der Waals surface area contributed by atoms with Crippen LogP contribution in [0.1, 0.15) is 31.7 Å². The number of carbonyl (C=O) groups is 1. The first-order valence-corrected chi connectivity index (χ1v) is 7.11. The number of hydrogen-bond acceptors (Lipinski definition) is 2. The highest BCUT2D eigenvalue weighted by Crippen LogP contribution is 2.34. The zero-order valence-corrected chi connectivity index (χ0v) is 12.1. The molecule has 1 N–H and O–H groups in total. The fourth-order valence-electron chi connectivity index (χ4n) is 2.79. The van der Waals surface area contributed by atoms with Crippen molar-refractivity contribution in [2.45, 2.75) is 38.3 Å². The summed E-state index contributed by atoms with van der Waals surface area (Å²) in [5, 5.41) is 9.53. The quantitative estimate of drug-likeness (QED) is 0.927. The summed E-state index contributed by atoms with van der Waals surface area (Å²) in [6.45, 7) is 3.52. The Bertz CT molecular complexity index is 449. The molecule has 4 heteroatoms. The van der Waals surface area contributed by atoms with Gasteiger partial charge < -0.3 is 5.11 Å². The van der Waals surface area contributed by atoms with E-state index in [1.807, 2.05) is 31.2 Å². The van der Waals surface area contributed by atoms with Gasteiger partial charge in [-0.3, -0.25) is 9.69 Å². The van der Waals surface area contributed by atoms with Gasteiger partial charge in [0.2, 0.25) is 0 Å². The third-order valence-corrected chi connectivity index (χ3v) is 4.70. The molecule has 1 unspecified atom stereocenters. The van der Waals surface area contributed by atoms with Crippen molar-refractivity contribution in [1.82, 2.24) is 4.90 Å². The first kappa shape index (κ1) is 13.6. The molecule has 0 amide bonds. The number of nitrogens with zero attached hydrogens (tertiary/aromatic N) is 1. The lowest BCUT2D eigenvalue weighted by Crippen LogP contribution is -2.49. The van der Waals surface area contributed by atoms with E-state index in [4.69, 9.17) is 0 Å². The van der Waals surface area contributed by atoms with E-state index < -0.39 is 11.5 Å². The van der Waals surface area contributed by atoms with Crippen molar-refractivity contribution >= 4 is 21.9 Å². The van der Waals surface area contributed by atoms with Crippen LogP contribution in [0.3, 0.4) is 0 Å². The number of rotatable bonds is 4. The van der Waals surface area contributed by atoms with E-state index >= 15 is 0 Å². The number of benzene rings is 1. The van der Waals surface area contributed by atoms with E-state index in [0.29, 0.717) is 13.0 Å². The number of carboxylic acids is 1. The van der Waals surface area contributed by atoms with Crippen molar-refractivity contribution in [1.29, 1.82) is 0 Å². The predicted molar refractivity (Wildman–Crippen MR) is 74.4 cm³/mol. The minimum Gasteiger partial charge on any atom is -0.480 e. The largest absolute Gasteiger partial charge is 0.480 e. The second kappa shape index (κ2) is 5.41. The van der Waals surface area contributed by atoms with Gasteiger partial charge in [0.05, 0.1) is 0 Å². The number of likely N-dealkylation sites (tertiary alicyclic amines) is 1. The first-order valence-electron chi connectivity index (χ1n) is 6.32. The molecule has 0 radical (unpaired) electrons. The van der Waals surface area contributed by atoms with E-state index in [1.54, 1.807) is 0 Å². The molecule has 1 atom stereocenters. The Morgan fingerprint density at radius 2 is 2.22 bits per heavy atom. The summed E-state index contributed by atoms with van der Waals surface area (Å²) in [7, 11) is 0. The van der Waals surface area contributed by atoms with Crippen LogP contribution < -0.4 is 0 Å². The minimum absolute atomic E-state index is 0.660. The van der Waals surface area contributed by atoms with E-state index in [9.17, 15) is 9.90 Å². The average molecular weight is 312 g/mol. The van der Waals surface area contributed by atoms with Gasteiger partial charge in [0, 0.05) is 11.0 Å². The van der Waals surface area contributed by atoms with E-state index in [0.717, 1.165) is 29.4 Å². The Hall–Kier alpha value is -0.870. The van der Waals surface area contributed by atoms with Gasteiger partial charge in [-0.2, -0.15) is 0 Å². The lowest BCUT2D eigenvalue weighted by molar-refractivity contribution is -0.150. The number of hydrogen-bond donors (Lipinski definition) is 1. The highest BCUT2D eigenvalue weighted by molar-refractivity contribution is 9.10. The third kappa shape index (κ3) is 2.31. The molecule has 1 aromatic rings. The molecular formula is C14H18BrNO2. The summed E-state index contributed by atoms with van der Waals surface area (Å²) >= 11 is 3.53. The van der Waals surface area contributed by atoms with Crippen LogP contribution >= 0.6 is 15.9 Å². The third-order valence-electron chi connectivity index (χ3n) is 3.93. The summed E-state index contributed by atoms with van der Waals surface area (Å²) < 4.78 is 1.05. The Labute approximate surface area is 116 Å². The second-order valence-electron chi connectivity index (χ2n) is 4.81. The van der Waals surface area contributed by atoms with Crippen molar-refractivity contribution in [3.8, 4) is 0 Å². The fraction of sp³-hybridized carbons (Fsp3) is 0.500. The van der Waals surface area contributed by atoms with Crippen LogP contribution in [0.15, 0.2) is 28.7 Å². The maximum atomic E-state index is 11.6. The predicted octanol–water partition coefficient (Wildman–Crippen LogP) is 3.28. The smallest absolute Gasteiger partial charge is 0.324 e. The molecule has 0 saturated carbocycles. The Balaban J connectivity index is 2.23. The van der Waals surface area contributed by atoms with Crippen molar-refractivity contribution < 1.29 is 9.90 Å². The van der Waals surface area contributed by atoms with Crippen molar-refractivity contribution in [2.75, 3.05) is 6.54 Å². The van der Waals surface area contributed by atoms with E-state index in [-0.39, 0.29) is 0 Å². The van der Waals surface area contributed by atoms with Crippen molar-refractivity contribution in [3.05, 3.63) is 34.3 Å². The van der Waals surface area contributed by atoms with Gasteiger partial charge in [-0.25, -0.2) is 0 Å². The molecule has 0 aromatic heterocycles. The summed E-state index contributed by atoms with van der Waals surface area (Å²) in [5.41, 5.74) is 0.480. The van der Waals surface area contributed by atoms with Crippen LogP contribution in [0, 0.1) is 0 Å². The molecule has 0 spiro atoms. The van der Waals surface area contributed by atoms with Gasteiger partial charge in [-0.05, 0) is 37.4 Å². The first-order chi connectivity index (χ1) is 8.60. The molecule has 1 aliphatic heterocycles. The second-order valence-corrected chi connectivity index (χ2v) is 5.66. The fourth-order valence-corrected chi connectivity index (χ4v) is 3.20. The normalized spacial score (nSPS) is 24.3. The average Bonchev–Trinajstić information content (AvgIpc) is 2.76. The summed E-state index contributed by atoms with van der Waals surface area (Å²) in [5.74, 6) is -0.686. The van der Waals surface area contributed by atoms with Gasteiger partial charge in [-0.1, -0.05) is 41.1 Å². The minimum atomic E-state index is -0.686. The standard InChI is InChI=1S/C14H18BrNO2/c1-2-14(13(17)18)8-5-9-16(14)10-11-6-3-4-7-12(11)15/h3-4,6-7H,2,5,8-10H2,1H3,(H,17,18). The summed E-state index contributed by atoms with van der Waals surface area (Å²) in [4.78, 5) is 13.7. The highest BCUT2D eigenvalue weighted by Gasteiger charge is 2.45. The number of halogens is 1. The lowest BCUT2D eigenvalue weighted by atomic mass is 9.92. The van der Waals surface area contributed by atoms with Crippen LogP contribution in [0.25, 0.3) is 0 Å². The highest BCUT2D eigenvalue weighted by atomic mass is 79.9.